The molecule has 3 heterocycles. The summed E-state index contributed by atoms with van der Waals surface area (Å²) >= 11 is 6.21. The summed E-state index contributed by atoms with van der Waals surface area (Å²) in [5.74, 6) is 0.708. The molecule has 2 aliphatic rings. The van der Waals surface area contributed by atoms with Crippen molar-refractivity contribution in [3.05, 3.63) is 23.4 Å². The fourth-order valence-electron chi connectivity index (χ4n) is 3.53. The van der Waals surface area contributed by atoms with E-state index in [-0.39, 0.29) is 23.3 Å². The first-order valence-electron chi connectivity index (χ1n) is 8.72. The molecule has 1 aromatic heterocycles. The van der Waals surface area contributed by atoms with E-state index in [2.05, 4.69) is 9.88 Å². The molecule has 2 aliphatic heterocycles. The van der Waals surface area contributed by atoms with E-state index in [1.165, 1.54) is 0 Å². The minimum absolute atomic E-state index is 0.0738. The van der Waals surface area contributed by atoms with Crippen LogP contribution in [0.2, 0.25) is 5.02 Å². The number of carbonyl (C=O) groups is 2. The zero-order valence-corrected chi connectivity index (χ0v) is 15.8. The quantitative estimate of drug-likeness (QED) is 0.805. The molecule has 1 atom stereocenters. The number of anilines is 1. The predicted molar refractivity (Wildman–Crippen MR) is 97.6 cm³/mol. The minimum atomic E-state index is -0.236. The Morgan fingerprint density at radius 1 is 1.24 bits per heavy atom. The van der Waals surface area contributed by atoms with Crippen molar-refractivity contribution in [1.29, 1.82) is 0 Å². The molecule has 0 saturated carbocycles. The number of carbonyl (C=O) groups excluding carboxylic acids is 2. The summed E-state index contributed by atoms with van der Waals surface area (Å²) in [6.07, 6.45) is 2.05. The maximum atomic E-state index is 12.8. The fourth-order valence-corrected chi connectivity index (χ4v) is 3.77. The molecule has 2 fully saturated rings. The largest absolute Gasteiger partial charge is 0.352 e. The summed E-state index contributed by atoms with van der Waals surface area (Å²) in [6.45, 7) is 9.21. The second-order valence-corrected chi connectivity index (χ2v) is 8.10. The van der Waals surface area contributed by atoms with E-state index in [0.29, 0.717) is 44.2 Å². The van der Waals surface area contributed by atoms with Crippen LogP contribution in [0.4, 0.5) is 5.82 Å². The van der Waals surface area contributed by atoms with Crippen molar-refractivity contribution in [2.24, 2.45) is 5.92 Å². The first-order chi connectivity index (χ1) is 11.8. The second-order valence-electron chi connectivity index (χ2n) is 7.70. The van der Waals surface area contributed by atoms with Crippen molar-refractivity contribution in [1.82, 2.24) is 14.8 Å². The number of nitrogens with zero attached hydrogens (tertiary/aromatic N) is 4. The van der Waals surface area contributed by atoms with Crippen molar-refractivity contribution in [2.45, 2.75) is 32.7 Å². The van der Waals surface area contributed by atoms with Crippen LogP contribution >= 0.6 is 11.6 Å². The highest BCUT2D eigenvalue weighted by Crippen LogP contribution is 2.28. The number of rotatable bonds is 2. The zero-order valence-electron chi connectivity index (χ0n) is 15.0. The van der Waals surface area contributed by atoms with Gasteiger partial charge in [0.25, 0.3) is 0 Å². The molecule has 7 heteroatoms. The molecule has 0 N–H and O–H groups in total. The molecule has 0 aromatic carbocycles. The average Bonchev–Trinajstić information content (AvgIpc) is 2.97. The van der Waals surface area contributed by atoms with Crippen LogP contribution in [0.25, 0.3) is 0 Å². The second kappa shape index (κ2) is 6.83. The lowest BCUT2D eigenvalue weighted by molar-refractivity contribution is -0.136. The van der Waals surface area contributed by atoms with E-state index in [9.17, 15) is 9.59 Å². The van der Waals surface area contributed by atoms with Gasteiger partial charge in [-0.2, -0.15) is 0 Å². The van der Waals surface area contributed by atoms with Gasteiger partial charge in [0.1, 0.15) is 5.82 Å². The van der Waals surface area contributed by atoms with Gasteiger partial charge in [0.05, 0.1) is 10.9 Å². The topological polar surface area (TPSA) is 56.8 Å². The van der Waals surface area contributed by atoms with E-state index in [1.54, 1.807) is 6.20 Å². The molecule has 0 radical (unpaired) electrons. The molecule has 3 rings (SSSR count). The highest BCUT2D eigenvalue weighted by atomic mass is 35.5. The van der Waals surface area contributed by atoms with Crippen LogP contribution in [0.3, 0.4) is 0 Å². The SMILES string of the molecule is CC(C)(C)N1C[C@@H](C(=O)N2CCN(c3ncccc3Cl)CC2)CC1=O. The van der Waals surface area contributed by atoms with Crippen LogP contribution in [-0.4, -0.2) is 64.9 Å². The molecule has 1 aromatic rings. The Bertz CT molecular complexity index is 665. The Hall–Kier alpha value is -1.82. The van der Waals surface area contributed by atoms with Gasteiger partial charge < -0.3 is 14.7 Å². The summed E-state index contributed by atoms with van der Waals surface area (Å²) in [4.78, 5) is 35.2. The van der Waals surface area contributed by atoms with E-state index < -0.39 is 0 Å². The normalized spacial score (nSPS) is 21.8. The van der Waals surface area contributed by atoms with E-state index >= 15 is 0 Å². The standard InChI is InChI=1S/C18H25ClN4O2/c1-18(2,3)23-12-13(11-15(23)24)17(25)22-9-7-21(8-10-22)16-14(19)5-4-6-20-16/h4-6,13H,7-12H2,1-3H3/t13-/m0/s1. The van der Waals surface area contributed by atoms with Crippen molar-refractivity contribution in [3.8, 4) is 0 Å². The van der Waals surface area contributed by atoms with Crippen molar-refractivity contribution in [2.75, 3.05) is 37.6 Å². The molecule has 2 saturated heterocycles. The molecule has 0 bridgehead atoms. The van der Waals surface area contributed by atoms with E-state index in [0.717, 1.165) is 5.82 Å². The highest BCUT2D eigenvalue weighted by molar-refractivity contribution is 6.32. The Morgan fingerprint density at radius 2 is 1.92 bits per heavy atom. The Kier molecular flexibility index (Phi) is 4.91. The van der Waals surface area contributed by atoms with Crippen LogP contribution in [-0.2, 0) is 9.59 Å². The lowest BCUT2D eigenvalue weighted by Gasteiger charge is -2.37. The first-order valence-corrected chi connectivity index (χ1v) is 9.10. The van der Waals surface area contributed by atoms with Gasteiger partial charge in [0.2, 0.25) is 11.8 Å². The van der Waals surface area contributed by atoms with Crippen LogP contribution in [0.15, 0.2) is 18.3 Å². The monoisotopic (exact) mass is 364 g/mol. The van der Waals surface area contributed by atoms with E-state index in [1.807, 2.05) is 42.7 Å². The molecule has 136 valence electrons. The highest BCUT2D eigenvalue weighted by Gasteiger charge is 2.41. The summed E-state index contributed by atoms with van der Waals surface area (Å²) in [7, 11) is 0. The van der Waals surface area contributed by atoms with Crippen molar-refractivity contribution in [3.63, 3.8) is 0 Å². The Labute approximate surface area is 153 Å². The lowest BCUT2D eigenvalue weighted by atomic mass is 10.1. The maximum Gasteiger partial charge on any atom is 0.228 e. The summed E-state index contributed by atoms with van der Waals surface area (Å²) in [5.41, 5.74) is -0.236. The molecule has 0 spiro atoms. The predicted octanol–water partition coefficient (Wildman–Crippen LogP) is 2.03. The number of amides is 2. The van der Waals surface area contributed by atoms with Gasteiger partial charge in [-0.15, -0.1) is 0 Å². The van der Waals surface area contributed by atoms with Crippen molar-refractivity contribution < 1.29 is 9.59 Å². The number of hydrogen-bond donors (Lipinski definition) is 0. The molecule has 0 unspecified atom stereocenters. The summed E-state index contributed by atoms with van der Waals surface area (Å²) in [5, 5.41) is 0.629. The molecule has 2 amide bonds. The number of likely N-dealkylation sites (tertiary alicyclic amines) is 1. The van der Waals surface area contributed by atoms with Gasteiger partial charge in [0, 0.05) is 50.9 Å². The van der Waals surface area contributed by atoms with Crippen LogP contribution in [0, 0.1) is 5.92 Å². The molecule has 0 aliphatic carbocycles. The van der Waals surface area contributed by atoms with Crippen LogP contribution in [0.1, 0.15) is 27.2 Å². The van der Waals surface area contributed by atoms with Crippen molar-refractivity contribution >= 4 is 29.2 Å². The molecule has 6 nitrogen and oxygen atoms in total. The third-order valence-corrected chi connectivity index (χ3v) is 5.21. The smallest absolute Gasteiger partial charge is 0.228 e. The molecular weight excluding hydrogens is 340 g/mol. The van der Waals surface area contributed by atoms with Crippen LogP contribution < -0.4 is 4.90 Å². The molecular formula is C18H25ClN4O2. The van der Waals surface area contributed by atoms with E-state index in [4.69, 9.17) is 11.6 Å². The molecule has 25 heavy (non-hydrogen) atoms. The lowest BCUT2D eigenvalue weighted by Crippen LogP contribution is -2.51. The number of hydrogen-bond acceptors (Lipinski definition) is 4. The number of piperazine rings is 1. The van der Waals surface area contributed by atoms with Gasteiger partial charge in [-0.05, 0) is 32.9 Å². The maximum absolute atomic E-state index is 12.8. The van der Waals surface area contributed by atoms with Gasteiger partial charge in [-0.3, -0.25) is 9.59 Å². The van der Waals surface area contributed by atoms with Crippen LogP contribution in [0.5, 0.6) is 0 Å². The number of halogens is 1. The minimum Gasteiger partial charge on any atom is -0.352 e. The summed E-state index contributed by atoms with van der Waals surface area (Å²) in [6, 6.07) is 3.64. The average molecular weight is 365 g/mol. The number of pyridine rings is 1. The van der Waals surface area contributed by atoms with Gasteiger partial charge in [-0.1, -0.05) is 11.6 Å². The van der Waals surface area contributed by atoms with Gasteiger partial charge >= 0.3 is 0 Å². The van der Waals surface area contributed by atoms with Gasteiger partial charge in [0.15, 0.2) is 0 Å². The zero-order chi connectivity index (χ0) is 18.2. The Balaban J connectivity index is 1.59. The Morgan fingerprint density at radius 3 is 2.48 bits per heavy atom. The third-order valence-electron chi connectivity index (χ3n) is 4.91. The van der Waals surface area contributed by atoms with Gasteiger partial charge in [-0.25, -0.2) is 4.98 Å². The number of aromatic nitrogens is 1. The fraction of sp³-hybridized carbons (Fsp3) is 0.611. The first kappa shape index (κ1) is 18.0. The summed E-state index contributed by atoms with van der Waals surface area (Å²) < 4.78 is 0. The third kappa shape index (κ3) is 3.73.